The van der Waals surface area contributed by atoms with Gasteiger partial charge in [-0.15, -0.1) is 0 Å². The third kappa shape index (κ3) is 4.75. The Morgan fingerprint density at radius 2 is 1.52 bits per heavy atom. The van der Waals surface area contributed by atoms with Crippen LogP contribution in [-0.2, 0) is 11.0 Å². The maximum atomic E-state index is 12.7. The van der Waals surface area contributed by atoms with Crippen molar-refractivity contribution in [2.24, 2.45) is 0 Å². The number of carbonyl (C=O) groups excluding carboxylic acids is 2. The van der Waals surface area contributed by atoms with Gasteiger partial charge in [0.15, 0.2) is 0 Å². The van der Waals surface area contributed by atoms with Gasteiger partial charge in [0.25, 0.3) is 11.8 Å². The van der Waals surface area contributed by atoms with Gasteiger partial charge >= 0.3 is 6.18 Å². The number of piperazine rings is 1. The first kappa shape index (κ1) is 20.8. The molecule has 0 saturated carbocycles. The normalized spacial score (nSPS) is 16.3. The van der Waals surface area contributed by atoms with E-state index in [9.17, 15) is 22.8 Å². The summed E-state index contributed by atoms with van der Waals surface area (Å²) in [5, 5.41) is 9.09. The second kappa shape index (κ2) is 8.62. The second-order valence-corrected chi connectivity index (χ2v) is 6.69. The van der Waals surface area contributed by atoms with Crippen molar-refractivity contribution in [2.45, 2.75) is 12.2 Å². The van der Waals surface area contributed by atoms with Gasteiger partial charge in [0, 0.05) is 31.7 Å². The van der Waals surface area contributed by atoms with Gasteiger partial charge < -0.3 is 4.90 Å². The topological polar surface area (TPSA) is 72.9 Å². The summed E-state index contributed by atoms with van der Waals surface area (Å²) >= 11 is 0. The summed E-state index contributed by atoms with van der Waals surface area (Å²) < 4.78 is 38.0. The number of nitrogens with one attached hydrogen (secondary N) is 1. The van der Waals surface area contributed by atoms with E-state index < -0.39 is 23.7 Å². The zero-order chi connectivity index (χ0) is 21.0. The minimum Gasteiger partial charge on any atom is -0.336 e. The lowest BCUT2D eigenvalue weighted by molar-refractivity contribution is -0.137. The largest absolute Gasteiger partial charge is 0.416 e. The molecule has 3 rings (SSSR count). The SMILES string of the molecule is O=C(NO)C(c1ccccc1)N1CCN(C(=O)c2ccc(C(F)(F)F)cc2)CC1. The number of amides is 2. The molecule has 0 radical (unpaired) electrons. The summed E-state index contributed by atoms with van der Waals surface area (Å²) in [7, 11) is 0. The van der Waals surface area contributed by atoms with Crippen LogP contribution < -0.4 is 5.48 Å². The molecule has 0 spiro atoms. The zero-order valence-corrected chi connectivity index (χ0v) is 15.4. The van der Waals surface area contributed by atoms with Gasteiger partial charge in [-0.05, 0) is 29.8 Å². The van der Waals surface area contributed by atoms with Crippen LogP contribution in [-0.4, -0.2) is 53.0 Å². The van der Waals surface area contributed by atoms with Gasteiger partial charge in [-0.25, -0.2) is 5.48 Å². The Morgan fingerprint density at radius 1 is 0.931 bits per heavy atom. The van der Waals surface area contributed by atoms with Gasteiger partial charge in [0.05, 0.1) is 5.56 Å². The van der Waals surface area contributed by atoms with Crippen molar-refractivity contribution >= 4 is 11.8 Å². The lowest BCUT2D eigenvalue weighted by Gasteiger charge is -2.38. The molecule has 1 fully saturated rings. The van der Waals surface area contributed by atoms with Gasteiger partial charge in [0.2, 0.25) is 0 Å². The maximum absolute atomic E-state index is 12.7. The first-order valence-corrected chi connectivity index (χ1v) is 9.00. The van der Waals surface area contributed by atoms with E-state index in [2.05, 4.69) is 0 Å². The van der Waals surface area contributed by atoms with Crippen molar-refractivity contribution in [1.29, 1.82) is 0 Å². The van der Waals surface area contributed by atoms with E-state index in [1.807, 2.05) is 11.0 Å². The molecular weight excluding hydrogens is 387 g/mol. The summed E-state index contributed by atoms with van der Waals surface area (Å²) in [5.74, 6) is -0.931. The Labute approximate surface area is 165 Å². The highest BCUT2D eigenvalue weighted by Gasteiger charge is 2.33. The van der Waals surface area contributed by atoms with E-state index in [0.717, 1.165) is 12.1 Å². The van der Waals surface area contributed by atoms with E-state index >= 15 is 0 Å². The van der Waals surface area contributed by atoms with Crippen LogP contribution in [0.5, 0.6) is 0 Å². The first-order chi connectivity index (χ1) is 13.8. The van der Waals surface area contributed by atoms with Crippen LogP contribution in [0.4, 0.5) is 13.2 Å². The predicted octanol–water partition coefficient (Wildman–Crippen LogP) is 2.71. The smallest absolute Gasteiger partial charge is 0.336 e. The van der Waals surface area contributed by atoms with E-state index in [1.54, 1.807) is 29.7 Å². The highest BCUT2D eigenvalue weighted by Crippen LogP contribution is 2.29. The van der Waals surface area contributed by atoms with Crippen molar-refractivity contribution in [3.05, 3.63) is 71.3 Å². The number of alkyl halides is 3. The molecule has 0 bridgehead atoms. The molecule has 6 nitrogen and oxygen atoms in total. The Morgan fingerprint density at radius 3 is 2.03 bits per heavy atom. The third-order valence-corrected chi connectivity index (χ3v) is 4.90. The summed E-state index contributed by atoms with van der Waals surface area (Å²) in [6, 6.07) is 12.4. The molecule has 2 aromatic carbocycles. The average molecular weight is 407 g/mol. The van der Waals surface area contributed by atoms with Crippen LogP contribution in [0, 0.1) is 0 Å². The van der Waals surface area contributed by atoms with Crippen molar-refractivity contribution in [1.82, 2.24) is 15.3 Å². The van der Waals surface area contributed by atoms with Gasteiger partial charge in [-0.1, -0.05) is 30.3 Å². The molecule has 154 valence electrons. The van der Waals surface area contributed by atoms with Crippen LogP contribution in [0.2, 0.25) is 0 Å². The minimum absolute atomic E-state index is 0.180. The summed E-state index contributed by atoms with van der Waals surface area (Å²) in [6.07, 6.45) is -4.45. The monoisotopic (exact) mass is 407 g/mol. The predicted molar refractivity (Wildman–Crippen MR) is 98.0 cm³/mol. The number of hydrogen-bond donors (Lipinski definition) is 2. The molecule has 1 aliphatic rings. The highest BCUT2D eigenvalue weighted by molar-refractivity contribution is 5.94. The number of carbonyl (C=O) groups is 2. The number of rotatable bonds is 4. The lowest BCUT2D eigenvalue weighted by Crippen LogP contribution is -2.52. The fourth-order valence-electron chi connectivity index (χ4n) is 3.39. The summed E-state index contributed by atoms with van der Waals surface area (Å²) in [6.45, 7) is 1.36. The van der Waals surface area contributed by atoms with E-state index in [4.69, 9.17) is 5.21 Å². The van der Waals surface area contributed by atoms with E-state index in [-0.39, 0.29) is 11.5 Å². The third-order valence-electron chi connectivity index (χ3n) is 4.90. The van der Waals surface area contributed by atoms with Crippen LogP contribution >= 0.6 is 0 Å². The molecule has 2 amide bonds. The van der Waals surface area contributed by atoms with Crippen molar-refractivity contribution in [3.8, 4) is 0 Å². The van der Waals surface area contributed by atoms with Crippen molar-refractivity contribution < 1.29 is 28.0 Å². The molecule has 1 atom stereocenters. The molecule has 9 heteroatoms. The molecule has 2 aromatic rings. The molecule has 29 heavy (non-hydrogen) atoms. The lowest BCUT2D eigenvalue weighted by atomic mass is 10.0. The fourth-order valence-corrected chi connectivity index (χ4v) is 3.39. The molecule has 1 aliphatic heterocycles. The molecule has 2 N–H and O–H groups in total. The number of hydrogen-bond acceptors (Lipinski definition) is 4. The molecule has 0 aliphatic carbocycles. The number of benzene rings is 2. The Hall–Kier alpha value is -2.91. The number of halogens is 3. The van der Waals surface area contributed by atoms with Gasteiger partial charge in [-0.2, -0.15) is 13.2 Å². The average Bonchev–Trinajstić information content (AvgIpc) is 2.74. The first-order valence-electron chi connectivity index (χ1n) is 9.00. The molecule has 1 heterocycles. The minimum atomic E-state index is -4.45. The van der Waals surface area contributed by atoms with Gasteiger partial charge in [0.1, 0.15) is 6.04 Å². The van der Waals surface area contributed by atoms with Crippen LogP contribution in [0.1, 0.15) is 27.5 Å². The fraction of sp³-hybridized carbons (Fsp3) is 0.300. The molecule has 1 saturated heterocycles. The molecule has 0 aromatic heterocycles. The summed E-state index contributed by atoms with van der Waals surface area (Å²) in [5.41, 5.74) is 1.77. The number of nitrogens with zero attached hydrogens (tertiary/aromatic N) is 2. The standard InChI is InChI=1S/C20H20F3N3O3/c21-20(22,23)16-8-6-15(7-9-16)19(28)26-12-10-25(11-13-26)17(18(27)24-29)14-4-2-1-3-5-14/h1-9,17,29H,10-13H2,(H,24,27). The Balaban J connectivity index is 1.67. The second-order valence-electron chi connectivity index (χ2n) is 6.69. The molecular formula is C20H20F3N3O3. The maximum Gasteiger partial charge on any atom is 0.416 e. The van der Waals surface area contributed by atoms with E-state index in [0.29, 0.717) is 31.7 Å². The van der Waals surface area contributed by atoms with Crippen LogP contribution in [0.3, 0.4) is 0 Å². The molecule has 1 unspecified atom stereocenters. The Kier molecular flexibility index (Phi) is 6.19. The highest BCUT2D eigenvalue weighted by atomic mass is 19.4. The van der Waals surface area contributed by atoms with Crippen molar-refractivity contribution in [2.75, 3.05) is 26.2 Å². The number of hydroxylamine groups is 1. The quantitative estimate of drug-likeness (QED) is 0.604. The summed E-state index contributed by atoms with van der Waals surface area (Å²) in [4.78, 5) is 28.2. The van der Waals surface area contributed by atoms with Crippen LogP contribution in [0.15, 0.2) is 54.6 Å². The van der Waals surface area contributed by atoms with Crippen LogP contribution in [0.25, 0.3) is 0 Å². The van der Waals surface area contributed by atoms with Gasteiger partial charge in [-0.3, -0.25) is 19.7 Å². The van der Waals surface area contributed by atoms with E-state index in [1.165, 1.54) is 17.0 Å². The Bertz CT molecular complexity index is 849. The zero-order valence-electron chi connectivity index (χ0n) is 15.4. The van der Waals surface area contributed by atoms with Crippen molar-refractivity contribution in [3.63, 3.8) is 0 Å².